The van der Waals surface area contributed by atoms with Gasteiger partial charge in [0.25, 0.3) is 11.8 Å². The summed E-state index contributed by atoms with van der Waals surface area (Å²) in [5, 5.41) is 18.1. The number of thiazole rings is 2. The number of likely N-dealkylation sites (N-methyl/N-ethyl adjacent to an activating group) is 1. The first-order valence-corrected chi connectivity index (χ1v) is 26.5. The molecule has 26 heteroatoms. The van der Waals surface area contributed by atoms with Gasteiger partial charge >= 0.3 is 12.1 Å². The first kappa shape index (κ1) is 53.2. The highest BCUT2D eigenvalue weighted by Gasteiger charge is 2.36. The summed E-state index contributed by atoms with van der Waals surface area (Å²) in [4.78, 5) is 81.5. The van der Waals surface area contributed by atoms with Crippen LogP contribution >= 0.6 is 22.7 Å². The van der Waals surface area contributed by atoms with Crippen LogP contribution in [0.3, 0.4) is 0 Å². The first-order valence-electron chi connectivity index (χ1n) is 23.2. The molecule has 6 heterocycles. The predicted octanol–water partition coefficient (Wildman–Crippen LogP) is 9.31. The third-order valence-corrected chi connectivity index (χ3v) is 13.9. The van der Waals surface area contributed by atoms with E-state index in [1.807, 2.05) is 25.9 Å². The van der Waals surface area contributed by atoms with E-state index in [2.05, 4.69) is 51.5 Å². The van der Waals surface area contributed by atoms with Gasteiger partial charge in [-0.05, 0) is 87.6 Å². The minimum atomic E-state index is -1.70. The van der Waals surface area contributed by atoms with Crippen molar-refractivity contribution in [2.24, 2.45) is 0 Å². The standard InChI is InChI=1S/C27H26F2N8O2S.C24H18F2N6O3S2/c1-15-7-8-16(24(38)35-26-31-10-12-40-26)13-17(15)21-18-14-32-27(39)37(22-19(28)5-4-6-20(22)29)23(18)34-25(33-21)30-9-11-36(2)3;1-12-6-7-13(21(33)31-22-27-8-9-36-22)10-14(12)18-15-11-28-24(34)32(19-16(25)4-3-5-17(19)26)20(15)30-23(29-18)37(2)35/h4-8,10,12-13H,9,11,14H2,1-3H3,(H,32,39)(H,30,33,34)(H,31,35,38);3-10H,11H2,1-2H3,(H,28,34)(H,27,31,33). The number of hydrogen-bond acceptors (Lipinski definition) is 15. The van der Waals surface area contributed by atoms with Crippen LogP contribution in [-0.2, 0) is 23.9 Å². The Morgan fingerprint density at radius 2 is 1.13 bits per heavy atom. The smallest absolute Gasteiger partial charge is 0.328 e. The molecule has 1 unspecified atom stereocenters. The van der Waals surface area contributed by atoms with Gasteiger partial charge in [0.15, 0.2) is 21.9 Å². The number of halogens is 4. The van der Waals surface area contributed by atoms with Gasteiger partial charge in [-0.3, -0.25) is 24.4 Å². The number of aryl methyl sites for hydroxylation is 2. The molecule has 1 atom stereocenters. The molecule has 19 nitrogen and oxygen atoms in total. The molecule has 5 N–H and O–H groups in total. The van der Waals surface area contributed by atoms with Crippen LogP contribution in [0.4, 0.5) is 66.4 Å². The van der Waals surface area contributed by atoms with E-state index in [1.165, 1.54) is 41.1 Å². The number of para-hydroxylation sites is 2. The largest absolute Gasteiger partial charge is 0.353 e. The zero-order valence-electron chi connectivity index (χ0n) is 41.4. The molecule has 2 aliphatic heterocycles. The van der Waals surface area contributed by atoms with Crippen LogP contribution in [0.25, 0.3) is 22.5 Å². The second kappa shape index (κ2) is 22.7. The van der Waals surface area contributed by atoms with Gasteiger partial charge < -0.3 is 20.9 Å². The Labute approximate surface area is 447 Å². The number of rotatable bonds is 13. The van der Waals surface area contributed by atoms with Crippen molar-refractivity contribution < 1.29 is 40.9 Å². The van der Waals surface area contributed by atoms with Gasteiger partial charge in [-0.25, -0.2) is 61.9 Å². The van der Waals surface area contributed by atoms with Crippen LogP contribution in [0.2, 0.25) is 0 Å². The molecule has 2 aliphatic rings. The maximum Gasteiger partial charge on any atom is 0.328 e. The molecule has 6 amide bonds. The number of carbonyl (C=O) groups is 4. The van der Waals surface area contributed by atoms with Gasteiger partial charge in [0.2, 0.25) is 11.1 Å². The summed E-state index contributed by atoms with van der Waals surface area (Å²) in [5.41, 5.74) is 3.61. The molecule has 77 heavy (non-hydrogen) atoms. The Hall–Kier alpha value is -8.59. The van der Waals surface area contributed by atoms with Crippen LogP contribution in [0.15, 0.2) is 101 Å². The Bertz CT molecular complexity index is 3590. The number of urea groups is 2. The van der Waals surface area contributed by atoms with E-state index in [0.717, 1.165) is 45.2 Å². The van der Waals surface area contributed by atoms with Crippen molar-refractivity contribution >= 4 is 96.6 Å². The lowest BCUT2D eigenvalue weighted by Gasteiger charge is -2.31. The summed E-state index contributed by atoms with van der Waals surface area (Å²) < 4.78 is 71.7. The molecule has 0 aliphatic carbocycles. The van der Waals surface area contributed by atoms with Gasteiger partial charge in [0.05, 0.1) is 35.3 Å². The Morgan fingerprint density at radius 3 is 1.56 bits per heavy atom. The van der Waals surface area contributed by atoms with Crippen molar-refractivity contribution in [1.82, 2.24) is 45.4 Å². The highest BCUT2D eigenvalue weighted by atomic mass is 32.2. The lowest BCUT2D eigenvalue weighted by Crippen LogP contribution is -2.43. The number of hydrogen-bond donors (Lipinski definition) is 5. The van der Waals surface area contributed by atoms with E-state index in [4.69, 9.17) is 4.98 Å². The highest BCUT2D eigenvalue weighted by Crippen LogP contribution is 2.41. The van der Waals surface area contributed by atoms with Crippen LogP contribution in [0.1, 0.15) is 43.0 Å². The topological polar surface area (TPSA) is 233 Å². The van der Waals surface area contributed by atoms with Crippen molar-refractivity contribution in [1.29, 1.82) is 0 Å². The molecule has 4 aromatic heterocycles. The fraction of sp³-hybridized carbons (Fsp3) is 0.176. The van der Waals surface area contributed by atoms with E-state index in [0.29, 0.717) is 62.4 Å². The zero-order valence-corrected chi connectivity index (χ0v) is 43.8. The van der Waals surface area contributed by atoms with Crippen molar-refractivity contribution in [2.45, 2.75) is 32.1 Å². The third kappa shape index (κ3) is 11.3. The molecule has 0 fully saturated rings. The minimum Gasteiger partial charge on any atom is -0.353 e. The number of amides is 6. The SMILES string of the molecule is Cc1ccc(C(=O)Nc2nccs2)cc1-c1nc(NCCN(C)C)nc2c1CNC(=O)N2c1c(F)cccc1F.Cc1ccc(C(=O)Nc2nccs2)cc1-c1nc(S(C)=O)nc2c1CNC(=O)N2c1c(F)cccc1F. The van der Waals surface area contributed by atoms with Crippen LogP contribution in [0, 0.1) is 37.1 Å². The number of fused-ring (bicyclic) bond motifs is 2. The molecular formula is C51H44F4N14O5S3. The van der Waals surface area contributed by atoms with E-state index in [1.54, 1.807) is 66.5 Å². The predicted molar refractivity (Wildman–Crippen MR) is 285 cm³/mol. The van der Waals surface area contributed by atoms with Gasteiger partial charge in [0.1, 0.15) is 34.6 Å². The molecular weight excluding hydrogens is 1060 g/mol. The fourth-order valence-corrected chi connectivity index (χ4v) is 9.59. The second-order valence-electron chi connectivity index (χ2n) is 17.3. The normalized spacial score (nSPS) is 13.2. The summed E-state index contributed by atoms with van der Waals surface area (Å²) in [6.45, 7) is 4.75. The molecule has 0 spiro atoms. The van der Waals surface area contributed by atoms with Gasteiger partial charge in [-0.15, -0.1) is 22.7 Å². The minimum absolute atomic E-state index is 0.0169. The quantitative estimate of drug-likeness (QED) is 0.0536. The lowest BCUT2D eigenvalue weighted by molar-refractivity contribution is 0.101. The van der Waals surface area contributed by atoms with Crippen molar-refractivity contribution in [3.8, 4) is 22.5 Å². The average Bonchev–Trinajstić information content (AvgIpc) is 4.15. The first-order chi connectivity index (χ1) is 37.0. The van der Waals surface area contributed by atoms with Gasteiger partial charge in [-0.2, -0.15) is 4.98 Å². The van der Waals surface area contributed by atoms with Crippen LogP contribution in [-0.4, -0.2) is 96.3 Å². The maximum absolute atomic E-state index is 14.9. The van der Waals surface area contributed by atoms with Crippen molar-refractivity contribution in [3.05, 3.63) is 153 Å². The monoisotopic (exact) mass is 1100 g/mol. The third-order valence-electron chi connectivity index (χ3n) is 11.8. The Kier molecular flexibility index (Phi) is 15.7. The molecule has 0 bridgehead atoms. The molecule has 10 rings (SSSR count). The molecule has 0 saturated carbocycles. The van der Waals surface area contributed by atoms with E-state index < -0.39 is 63.4 Å². The molecule has 0 saturated heterocycles. The molecule has 0 radical (unpaired) electrons. The number of aromatic nitrogens is 6. The number of anilines is 7. The number of nitrogens with zero attached hydrogens (tertiary/aromatic N) is 9. The highest BCUT2D eigenvalue weighted by molar-refractivity contribution is 7.84. The Morgan fingerprint density at radius 1 is 0.675 bits per heavy atom. The summed E-state index contributed by atoms with van der Waals surface area (Å²) in [7, 11) is 2.13. The fourth-order valence-electron chi connectivity index (χ4n) is 8.11. The van der Waals surface area contributed by atoms with Crippen molar-refractivity contribution in [2.75, 3.05) is 59.2 Å². The summed E-state index contributed by atoms with van der Waals surface area (Å²) in [5.74, 6) is -4.41. The molecule has 4 aromatic carbocycles. The van der Waals surface area contributed by atoms with Crippen LogP contribution in [0.5, 0.6) is 0 Å². The molecule has 394 valence electrons. The van der Waals surface area contributed by atoms with E-state index >= 15 is 0 Å². The van der Waals surface area contributed by atoms with Crippen molar-refractivity contribution in [3.63, 3.8) is 0 Å². The lowest BCUT2D eigenvalue weighted by atomic mass is 9.97. The van der Waals surface area contributed by atoms with Gasteiger partial charge in [0, 0.05) is 75.9 Å². The second-order valence-corrected chi connectivity index (χ2v) is 20.4. The molecule has 8 aromatic rings. The summed E-state index contributed by atoms with van der Waals surface area (Å²) in [6, 6.07) is 15.2. The number of nitrogens with one attached hydrogen (secondary N) is 5. The number of carbonyl (C=O) groups excluding carboxylic acids is 4. The summed E-state index contributed by atoms with van der Waals surface area (Å²) in [6.07, 6.45) is 4.52. The van der Waals surface area contributed by atoms with E-state index in [9.17, 15) is 40.9 Å². The number of benzene rings is 4. The average molecular weight is 1110 g/mol. The summed E-state index contributed by atoms with van der Waals surface area (Å²) >= 11 is 2.57. The van der Waals surface area contributed by atoms with Gasteiger partial charge in [-0.1, -0.05) is 24.3 Å². The van der Waals surface area contributed by atoms with E-state index in [-0.39, 0.29) is 47.4 Å². The maximum atomic E-state index is 14.9. The van der Waals surface area contributed by atoms with Crippen LogP contribution < -0.4 is 36.4 Å². The zero-order chi connectivity index (χ0) is 54.7. The Balaban J connectivity index is 0.000000188.